The maximum absolute atomic E-state index is 13.4. The summed E-state index contributed by atoms with van der Waals surface area (Å²) < 4.78 is 13.9. The zero-order valence-electron chi connectivity index (χ0n) is 11.4. The first kappa shape index (κ1) is 14.6. The van der Waals surface area contributed by atoms with Crippen LogP contribution in [0.15, 0.2) is 16.6 Å². The van der Waals surface area contributed by atoms with Gasteiger partial charge in [-0.1, -0.05) is 32.6 Å². The van der Waals surface area contributed by atoms with E-state index in [1.807, 2.05) is 0 Å². The highest BCUT2D eigenvalue weighted by Gasteiger charge is 2.17. The van der Waals surface area contributed by atoms with Crippen molar-refractivity contribution in [1.82, 2.24) is 0 Å². The van der Waals surface area contributed by atoms with Crippen LogP contribution in [0.25, 0.3) is 0 Å². The molecule has 0 radical (unpaired) electrons. The van der Waals surface area contributed by atoms with Crippen LogP contribution in [0.4, 0.5) is 15.8 Å². The summed E-state index contributed by atoms with van der Waals surface area (Å²) >= 11 is 3.13. The van der Waals surface area contributed by atoms with Gasteiger partial charge < -0.3 is 11.1 Å². The van der Waals surface area contributed by atoms with Crippen LogP contribution >= 0.6 is 15.9 Å². The maximum Gasteiger partial charge on any atom is 0.139 e. The molecule has 1 saturated carbocycles. The zero-order chi connectivity index (χ0) is 13.8. The third-order valence-electron chi connectivity index (χ3n) is 4.10. The summed E-state index contributed by atoms with van der Waals surface area (Å²) in [7, 11) is 0. The smallest absolute Gasteiger partial charge is 0.139 e. The van der Waals surface area contributed by atoms with Gasteiger partial charge in [0, 0.05) is 12.6 Å². The van der Waals surface area contributed by atoms with E-state index in [4.69, 9.17) is 5.73 Å². The zero-order valence-corrected chi connectivity index (χ0v) is 13.0. The number of nitrogens with one attached hydrogen (secondary N) is 1. The number of nitrogens with two attached hydrogens (primary N) is 1. The molecule has 2 nitrogen and oxygen atoms in total. The Morgan fingerprint density at radius 3 is 2.68 bits per heavy atom. The Morgan fingerprint density at radius 1 is 1.32 bits per heavy atom. The third kappa shape index (κ3) is 4.10. The summed E-state index contributed by atoms with van der Waals surface area (Å²) in [5, 5.41) is 3.25. The Labute approximate surface area is 123 Å². The predicted octanol–water partition coefficient (Wildman–Crippen LogP) is 4.80. The van der Waals surface area contributed by atoms with E-state index in [-0.39, 0.29) is 5.82 Å². The van der Waals surface area contributed by atoms with Crippen molar-refractivity contribution in [3.8, 4) is 0 Å². The van der Waals surface area contributed by atoms with Gasteiger partial charge in [0.2, 0.25) is 0 Å². The van der Waals surface area contributed by atoms with Crippen molar-refractivity contribution in [3.63, 3.8) is 0 Å². The lowest BCUT2D eigenvalue weighted by Crippen LogP contribution is -2.16. The molecule has 0 amide bonds. The Kier molecular flexibility index (Phi) is 5.08. The molecule has 1 aromatic rings. The summed E-state index contributed by atoms with van der Waals surface area (Å²) in [4.78, 5) is 0. The van der Waals surface area contributed by atoms with Crippen LogP contribution in [-0.4, -0.2) is 6.54 Å². The lowest BCUT2D eigenvalue weighted by molar-refractivity contribution is 0.282. The SMILES string of the molecule is CC1CCC(CCNc2cc(F)c(Br)cc2N)CC1. The number of nitrogen functional groups attached to an aromatic ring is 1. The molecule has 3 N–H and O–H groups in total. The monoisotopic (exact) mass is 328 g/mol. The molecule has 106 valence electrons. The van der Waals surface area contributed by atoms with E-state index in [1.165, 1.54) is 31.7 Å². The normalized spacial score (nSPS) is 23.3. The van der Waals surface area contributed by atoms with Crippen LogP contribution in [0, 0.1) is 17.7 Å². The maximum atomic E-state index is 13.4. The minimum Gasteiger partial charge on any atom is -0.397 e. The van der Waals surface area contributed by atoms with Crippen LogP contribution in [-0.2, 0) is 0 Å². The van der Waals surface area contributed by atoms with Gasteiger partial charge >= 0.3 is 0 Å². The first-order valence-electron chi connectivity index (χ1n) is 7.04. The number of rotatable bonds is 4. The minimum atomic E-state index is -0.275. The number of halogens is 2. The van der Waals surface area contributed by atoms with Gasteiger partial charge in [-0.3, -0.25) is 0 Å². The molecule has 0 aromatic heterocycles. The van der Waals surface area contributed by atoms with Crippen molar-refractivity contribution < 1.29 is 4.39 Å². The average Bonchev–Trinajstić information content (AvgIpc) is 2.38. The minimum absolute atomic E-state index is 0.275. The second kappa shape index (κ2) is 6.60. The Balaban J connectivity index is 1.81. The van der Waals surface area contributed by atoms with Crippen LogP contribution < -0.4 is 11.1 Å². The summed E-state index contributed by atoms with van der Waals surface area (Å²) in [5.41, 5.74) is 7.16. The van der Waals surface area contributed by atoms with Crippen molar-refractivity contribution in [2.45, 2.75) is 39.0 Å². The van der Waals surface area contributed by atoms with Gasteiger partial charge in [-0.15, -0.1) is 0 Å². The summed E-state index contributed by atoms with van der Waals surface area (Å²) in [5.74, 6) is 1.42. The Hall–Kier alpha value is -0.770. The van der Waals surface area contributed by atoms with E-state index < -0.39 is 0 Å². The molecule has 0 unspecified atom stereocenters. The molecule has 0 heterocycles. The standard InChI is InChI=1S/C15H22BrFN2/c1-10-2-4-11(5-3-10)6-7-19-15-9-13(17)12(16)8-14(15)18/h8-11,19H,2-7,18H2,1H3. The van der Waals surface area contributed by atoms with E-state index in [1.54, 1.807) is 6.07 Å². The molecule has 1 aliphatic rings. The van der Waals surface area contributed by atoms with Gasteiger partial charge in [0.1, 0.15) is 5.82 Å². The number of anilines is 2. The summed E-state index contributed by atoms with van der Waals surface area (Å²) in [6.07, 6.45) is 6.49. The van der Waals surface area contributed by atoms with Gasteiger partial charge in [0.15, 0.2) is 0 Å². The molecule has 1 fully saturated rings. The molecule has 4 heteroatoms. The fraction of sp³-hybridized carbons (Fsp3) is 0.600. The van der Waals surface area contributed by atoms with Crippen molar-refractivity contribution in [2.24, 2.45) is 11.8 Å². The molecular weight excluding hydrogens is 307 g/mol. The number of hydrogen-bond acceptors (Lipinski definition) is 2. The highest BCUT2D eigenvalue weighted by atomic mass is 79.9. The quantitative estimate of drug-likeness (QED) is 0.779. The van der Waals surface area contributed by atoms with Crippen molar-refractivity contribution in [3.05, 3.63) is 22.4 Å². The van der Waals surface area contributed by atoms with Crippen molar-refractivity contribution >= 4 is 27.3 Å². The van der Waals surface area contributed by atoms with Crippen LogP contribution in [0.3, 0.4) is 0 Å². The van der Waals surface area contributed by atoms with Crippen LogP contribution in [0.1, 0.15) is 39.0 Å². The lowest BCUT2D eigenvalue weighted by Gasteiger charge is -2.26. The first-order valence-corrected chi connectivity index (χ1v) is 7.84. The predicted molar refractivity (Wildman–Crippen MR) is 82.7 cm³/mol. The van der Waals surface area contributed by atoms with E-state index in [0.29, 0.717) is 15.8 Å². The second-order valence-corrected chi connectivity index (χ2v) is 6.55. The van der Waals surface area contributed by atoms with E-state index in [0.717, 1.165) is 24.8 Å². The van der Waals surface area contributed by atoms with Crippen molar-refractivity contribution in [2.75, 3.05) is 17.6 Å². The average molecular weight is 329 g/mol. The molecule has 0 aliphatic heterocycles. The Bertz CT molecular complexity index is 428. The van der Waals surface area contributed by atoms with Gasteiger partial charge in [0.25, 0.3) is 0 Å². The van der Waals surface area contributed by atoms with E-state index in [9.17, 15) is 4.39 Å². The molecule has 19 heavy (non-hydrogen) atoms. The van der Waals surface area contributed by atoms with Gasteiger partial charge in [-0.2, -0.15) is 0 Å². The lowest BCUT2D eigenvalue weighted by atomic mass is 9.81. The van der Waals surface area contributed by atoms with E-state index in [2.05, 4.69) is 28.2 Å². The Morgan fingerprint density at radius 2 is 2.00 bits per heavy atom. The highest BCUT2D eigenvalue weighted by molar-refractivity contribution is 9.10. The van der Waals surface area contributed by atoms with E-state index >= 15 is 0 Å². The topological polar surface area (TPSA) is 38.0 Å². The van der Waals surface area contributed by atoms with Crippen molar-refractivity contribution in [1.29, 1.82) is 0 Å². The van der Waals surface area contributed by atoms with Gasteiger partial charge in [0.05, 0.1) is 15.8 Å². The fourth-order valence-electron chi connectivity index (χ4n) is 2.74. The summed E-state index contributed by atoms with van der Waals surface area (Å²) in [6, 6.07) is 3.07. The first-order chi connectivity index (χ1) is 9.06. The van der Waals surface area contributed by atoms with Gasteiger partial charge in [-0.25, -0.2) is 4.39 Å². The molecule has 0 saturated heterocycles. The highest BCUT2D eigenvalue weighted by Crippen LogP contribution is 2.31. The molecule has 0 atom stereocenters. The molecule has 0 bridgehead atoms. The number of hydrogen-bond donors (Lipinski definition) is 2. The molecule has 1 aliphatic carbocycles. The van der Waals surface area contributed by atoms with Crippen LogP contribution in [0.2, 0.25) is 0 Å². The largest absolute Gasteiger partial charge is 0.397 e. The molecular formula is C15H22BrFN2. The molecule has 0 spiro atoms. The third-order valence-corrected chi connectivity index (χ3v) is 4.70. The molecule has 2 rings (SSSR count). The van der Waals surface area contributed by atoms with Gasteiger partial charge in [-0.05, 0) is 40.3 Å². The fourth-order valence-corrected chi connectivity index (χ4v) is 3.11. The second-order valence-electron chi connectivity index (χ2n) is 5.69. The summed E-state index contributed by atoms with van der Waals surface area (Å²) in [6.45, 7) is 3.20. The molecule has 1 aromatic carbocycles. The number of benzene rings is 1. The van der Waals surface area contributed by atoms with Crippen LogP contribution in [0.5, 0.6) is 0 Å².